The van der Waals surface area contributed by atoms with Gasteiger partial charge in [0.2, 0.25) is 0 Å². The van der Waals surface area contributed by atoms with Crippen LogP contribution in [0.4, 0.5) is 5.69 Å². The van der Waals surface area contributed by atoms with E-state index in [0.29, 0.717) is 11.8 Å². The molecule has 1 saturated heterocycles. The van der Waals surface area contributed by atoms with Crippen LogP contribution in [-0.2, 0) is 0 Å². The van der Waals surface area contributed by atoms with E-state index in [-0.39, 0.29) is 22.7 Å². The van der Waals surface area contributed by atoms with Gasteiger partial charge in [-0.25, -0.2) is 4.68 Å². The number of hydrogen-bond donors (Lipinski definition) is 1. The minimum absolute atomic E-state index is 0.0126. The van der Waals surface area contributed by atoms with Crippen molar-refractivity contribution < 1.29 is 0 Å². The summed E-state index contributed by atoms with van der Waals surface area (Å²) in [5.74, 6) is 1.14. The Morgan fingerprint density at radius 1 is 1.38 bits per heavy atom. The zero-order valence-corrected chi connectivity index (χ0v) is 13.4. The van der Waals surface area contributed by atoms with Gasteiger partial charge in [-0.05, 0) is 38.5 Å². The number of nitrogens with two attached hydrogens (primary N) is 1. The number of halogens is 1. The van der Waals surface area contributed by atoms with Gasteiger partial charge in [0.05, 0.1) is 17.9 Å². The van der Waals surface area contributed by atoms with Crippen LogP contribution < -0.4 is 16.2 Å². The Hall–Kier alpha value is -1.07. The standard InChI is InChI=1S/C15H23ClN4O/c1-9(2)20-15(21)14(16)13(6-18-20)19-7-10-4-3-5-12(17)11(10)8-19/h6,9-12H,3-5,7-8,17H2,1-2H3. The van der Waals surface area contributed by atoms with Crippen molar-refractivity contribution in [2.45, 2.75) is 45.2 Å². The molecule has 1 aliphatic heterocycles. The molecule has 2 fully saturated rings. The summed E-state index contributed by atoms with van der Waals surface area (Å²) in [6.45, 7) is 5.67. The van der Waals surface area contributed by atoms with Gasteiger partial charge in [0.15, 0.2) is 0 Å². The third-order valence-corrected chi connectivity index (χ3v) is 5.26. The van der Waals surface area contributed by atoms with Gasteiger partial charge < -0.3 is 10.6 Å². The molecule has 116 valence electrons. The monoisotopic (exact) mass is 310 g/mol. The maximum Gasteiger partial charge on any atom is 0.287 e. The van der Waals surface area contributed by atoms with E-state index in [1.807, 2.05) is 13.8 Å². The number of rotatable bonds is 2. The van der Waals surface area contributed by atoms with Crippen LogP contribution in [-0.4, -0.2) is 28.9 Å². The Bertz CT molecular complexity index is 586. The van der Waals surface area contributed by atoms with Crippen LogP contribution in [0.15, 0.2) is 11.0 Å². The van der Waals surface area contributed by atoms with Crippen LogP contribution >= 0.6 is 11.6 Å². The molecular formula is C15H23ClN4O. The van der Waals surface area contributed by atoms with Crippen molar-refractivity contribution in [3.05, 3.63) is 21.6 Å². The fraction of sp³-hybridized carbons (Fsp3) is 0.733. The summed E-state index contributed by atoms with van der Waals surface area (Å²) in [5, 5.41) is 4.55. The predicted octanol–water partition coefficient (Wildman–Crippen LogP) is 2.04. The Morgan fingerprint density at radius 3 is 2.81 bits per heavy atom. The van der Waals surface area contributed by atoms with Gasteiger partial charge in [-0.15, -0.1) is 0 Å². The molecule has 0 bridgehead atoms. The van der Waals surface area contributed by atoms with Gasteiger partial charge in [0.1, 0.15) is 5.02 Å². The minimum atomic E-state index is -0.205. The van der Waals surface area contributed by atoms with Crippen LogP contribution in [0.2, 0.25) is 5.02 Å². The van der Waals surface area contributed by atoms with Crippen molar-refractivity contribution in [2.24, 2.45) is 17.6 Å². The maximum absolute atomic E-state index is 12.3. The van der Waals surface area contributed by atoms with Gasteiger partial charge in [-0.1, -0.05) is 18.0 Å². The van der Waals surface area contributed by atoms with Crippen molar-refractivity contribution in [1.82, 2.24) is 9.78 Å². The first-order valence-corrected chi connectivity index (χ1v) is 8.14. The number of anilines is 1. The lowest BCUT2D eigenvalue weighted by molar-refractivity contribution is 0.260. The molecule has 6 heteroatoms. The third kappa shape index (κ3) is 2.57. The Labute approximate surface area is 130 Å². The van der Waals surface area contributed by atoms with Gasteiger partial charge in [0.25, 0.3) is 5.56 Å². The fourth-order valence-corrected chi connectivity index (χ4v) is 3.99. The lowest BCUT2D eigenvalue weighted by Gasteiger charge is -2.29. The molecule has 0 amide bonds. The first kappa shape index (κ1) is 14.9. The Morgan fingerprint density at radius 2 is 2.14 bits per heavy atom. The van der Waals surface area contributed by atoms with Crippen molar-refractivity contribution in [3.8, 4) is 0 Å². The smallest absolute Gasteiger partial charge is 0.287 e. The molecule has 5 nitrogen and oxygen atoms in total. The summed E-state index contributed by atoms with van der Waals surface area (Å²) in [5.41, 5.74) is 6.81. The van der Waals surface area contributed by atoms with Crippen molar-refractivity contribution in [3.63, 3.8) is 0 Å². The van der Waals surface area contributed by atoms with E-state index in [4.69, 9.17) is 17.3 Å². The molecule has 1 aromatic heterocycles. The molecule has 1 aromatic rings. The van der Waals surface area contributed by atoms with Crippen molar-refractivity contribution in [2.75, 3.05) is 18.0 Å². The second kappa shape index (κ2) is 5.61. The Kier molecular flexibility index (Phi) is 3.97. The second-order valence-corrected chi connectivity index (χ2v) is 6.99. The molecule has 0 aromatic carbocycles. The van der Waals surface area contributed by atoms with E-state index in [9.17, 15) is 4.79 Å². The van der Waals surface area contributed by atoms with Crippen molar-refractivity contribution >= 4 is 17.3 Å². The van der Waals surface area contributed by atoms with Crippen LogP contribution in [0.1, 0.15) is 39.2 Å². The van der Waals surface area contributed by atoms with Gasteiger partial charge >= 0.3 is 0 Å². The van der Waals surface area contributed by atoms with Crippen LogP contribution in [0.5, 0.6) is 0 Å². The average molecular weight is 311 g/mol. The first-order valence-electron chi connectivity index (χ1n) is 7.77. The van der Waals surface area contributed by atoms with Crippen molar-refractivity contribution in [1.29, 1.82) is 0 Å². The second-order valence-electron chi connectivity index (χ2n) is 6.61. The molecule has 0 radical (unpaired) electrons. The summed E-state index contributed by atoms with van der Waals surface area (Å²) in [4.78, 5) is 14.5. The molecule has 0 spiro atoms. The topological polar surface area (TPSA) is 64.2 Å². The largest absolute Gasteiger partial charge is 0.368 e. The predicted molar refractivity (Wildman–Crippen MR) is 84.9 cm³/mol. The highest BCUT2D eigenvalue weighted by Gasteiger charge is 2.39. The summed E-state index contributed by atoms with van der Waals surface area (Å²) >= 11 is 6.31. The van der Waals surface area contributed by atoms with E-state index in [2.05, 4.69) is 10.00 Å². The lowest BCUT2D eigenvalue weighted by atomic mass is 9.78. The van der Waals surface area contributed by atoms with Crippen LogP contribution in [0, 0.1) is 11.8 Å². The Balaban J connectivity index is 1.89. The van der Waals surface area contributed by atoms with Crippen LogP contribution in [0.25, 0.3) is 0 Å². The zero-order chi connectivity index (χ0) is 15.1. The highest BCUT2D eigenvalue weighted by atomic mass is 35.5. The molecule has 2 N–H and O–H groups in total. The summed E-state index contributed by atoms with van der Waals surface area (Å²) in [6.07, 6.45) is 5.27. The van der Waals surface area contributed by atoms with E-state index in [0.717, 1.165) is 25.2 Å². The summed E-state index contributed by atoms with van der Waals surface area (Å²) in [6, 6.07) is 0.287. The lowest BCUT2D eigenvalue weighted by Crippen LogP contribution is -2.38. The number of hydrogen-bond acceptors (Lipinski definition) is 4. The normalized spacial score (nSPS) is 29.0. The molecule has 3 rings (SSSR count). The zero-order valence-electron chi connectivity index (χ0n) is 12.6. The minimum Gasteiger partial charge on any atom is -0.368 e. The third-order valence-electron chi connectivity index (χ3n) is 4.91. The van der Waals surface area contributed by atoms with Crippen LogP contribution in [0.3, 0.4) is 0 Å². The highest BCUT2D eigenvalue weighted by molar-refractivity contribution is 6.33. The van der Waals surface area contributed by atoms with Gasteiger partial charge in [-0.3, -0.25) is 4.79 Å². The molecule has 1 aliphatic carbocycles. The van der Waals surface area contributed by atoms with E-state index in [1.54, 1.807) is 6.20 Å². The molecule has 3 atom stereocenters. The van der Waals surface area contributed by atoms with Gasteiger partial charge in [-0.2, -0.15) is 5.10 Å². The van der Waals surface area contributed by atoms with Gasteiger partial charge in [0, 0.05) is 19.1 Å². The molecule has 21 heavy (non-hydrogen) atoms. The molecule has 1 saturated carbocycles. The number of fused-ring (bicyclic) bond motifs is 1. The first-order chi connectivity index (χ1) is 9.99. The highest BCUT2D eigenvalue weighted by Crippen LogP contribution is 2.38. The number of nitrogens with zero attached hydrogens (tertiary/aromatic N) is 3. The SMILES string of the molecule is CC(C)n1ncc(N2CC3CCCC(N)C3C2)c(Cl)c1=O. The van der Waals surface area contributed by atoms with E-state index in [1.165, 1.54) is 17.5 Å². The van der Waals surface area contributed by atoms with E-state index < -0.39 is 0 Å². The molecule has 3 unspecified atom stereocenters. The quantitative estimate of drug-likeness (QED) is 0.908. The fourth-order valence-electron chi connectivity index (χ4n) is 3.74. The summed E-state index contributed by atoms with van der Waals surface area (Å²) < 4.78 is 1.43. The van der Waals surface area contributed by atoms with E-state index >= 15 is 0 Å². The summed E-state index contributed by atoms with van der Waals surface area (Å²) in [7, 11) is 0. The average Bonchev–Trinajstić information content (AvgIpc) is 2.86. The maximum atomic E-state index is 12.3. The molecular weight excluding hydrogens is 288 g/mol. The number of aromatic nitrogens is 2. The molecule has 2 aliphatic rings. The molecule has 2 heterocycles.